The number of allylic oxidation sites excluding steroid dienone is 1. The number of hydrogen-bond donors (Lipinski definition) is 0. The smallest absolute Gasteiger partial charge is 0.338 e. The molecule has 1 atom stereocenters. The topological polar surface area (TPSA) is 59.0 Å². The molecule has 0 aromatic carbocycles. The summed E-state index contributed by atoms with van der Waals surface area (Å²) < 4.78 is 5.22. The zero-order chi connectivity index (χ0) is 16.4. The minimum Gasteiger partial charge on any atom is -0.458 e. The second-order valence-electron chi connectivity index (χ2n) is 5.06. The van der Waals surface area contributed by atoms with Gasteiger partial charge in [0.05, 0.1) is 11.3 Å². The molecular formula is C16H16N2O3S2. The first-order valence-electron chi connectivity index (χ1n) is 7.19. The molecule has 0 unspecified atom stereocenters. The average Bonchev–Trinajstić information content (AvgIpc) is 3.05. The number of hydrogen-bond acceptors (Lipinski definition) is 6. The van der Waals surface area contributed by atoms with Crippen molar-refractivity contribution < 1.29 is 14.3 Å². The minimum absolute atomic E-state index is 0.0116. The number of fused-ring (bicyclic) bond motifs is 1. The third-order valence-corrected chi connectivity index (χ3v) is 5.45. The molecule has 120 valence electrons. The van der Waals surface area contributed by atoms with Gasteiger partial charge in [-0.1, -0.05) is 30.5 Å². The SMILES string of the molecule is C=CCOC(=O)C1=C(C)N=C2SCCC(=O)N2[C@@H]1c1cccs1. The molecule has 0 saturated carbocycles. The third-order valence-electron chi connectivity index (χ3n) is 3.57. The van der Waals surface area contributed by atoms with Crippen LogP contribution < -0.4 is 0 Å². The Morgan fingerprint density at radius 3 is 3.13 bits per heavy atom. The van der Waals surface area contributed by atoms with Gasteiger partial charge in [0, 0.05) is 17.1 Å². The number of amides is 1. The Hall–Kier alpha value is -1.86. The van der Waals surface area contributed by atoms with Gasteiger partial charge in [-0.15, -0.1) is 11.3 Å². The fourth-order valence-electron chi connectivity index (χ4n) is 2.59. The molecule has 2 aliphatic heterocycles. The molecule has 3 rings (SSSR count). The van der Waals surface area contributed by atoms with Crippen LogP contribution in [0.25, 0.3) is 0 Å². The Kier molecular flexibility index (Phi) is 4.68. The van der Waals surface area contributed by atoms with Crippen LogP contribution in [0.15, 0.2) is 46.4 Å². The molecule has 0 spiro atoms. The van der Waals surface area contributed by atoms with Crippen molar-refractivity contribution in [3.63, 3.8) is 0 Å². The summed E-state index contributed by atoms with van der Waals surface area (Å²) in [5, 5.41) is 2.60. The summed E-state index contributed by atoms with van der Waals surface area (Å²) in [6.07, 6.45) is 1.97. The van der Waals surface area contributed by atoms with Crippen molar-refractivity contribution in [1.29, 1.82) is 0 Å². The summed E-state index contributed by atoms with van der Waals surface area (Å²) >= 11 is 3.06. The lowest BCUT2D eigenvalue weighted by atomic mass is 10.00. The highest BCUT2D eigenvalue weighted by Gasteiger charge is 2.42. The molecule has 0 N–H and O–H groups in total. The van der Waals surface area contributed by atoms with Crippen molar-refractivity contribution in [3.05, 3.63) is 46.3 Å². The summed E-state index contributed by atoms with van der Waals surface area (Å²) in [4.78, 5) is 32.0. The van der Waals surface area contributed by atoms with Gasteiger partial charge in [-0.3, -0.25) is 9.69 Å². The molecule has 0 radical (unpaired) electrons. The van der Waals surface area contributed by atoms with Gasteiger partial charge in [0.2, 0.25) is 5.91 Å². The molecule has 3 heterocycles. The lowest BCUT2D eigenvalue weighted by Crippen LogP contribution is -2.45. The summed E-state index contributed by atoms with van der Waals surface area (Å²) in [5.74, 6) is 0.254. The van der Waals surface area contributed by atoms with Crippen molar-refractivity contribution in [2.45, 2.75) is 19.4 Å². The minimum atomic E-state index is -0.458. The Balaban J connectivity index is 2.08. The second-order valence-corrected chi connectivity index (χ2v) is 7.10. The maximum atomic E-state index is 12.5. The normalized spacial score (nSPS) is 20.9. The molecule has 23 heavy (non-hydrogen) atoms. The van der Waals surface area contributed by atoms with Crippen LogP contribution in [-0.4, -0.2) is 34.3 Å². The molecule has 2 aliphatic rings. The first-order chi connectivity index (χ1) is 11.1. The first kappa shape index (κ1) is 16.0. The standard InChI is InChI=1S/C16H16N2O3S2/c1-3-7-21-15(20)13-10(2)17-16-18(12(19)6-9-23-16)14(13)11-5-4-8-22-11/h3-5,8,14H,1,6-7,9H2,2H3/t14-/m1/s1. The number of esters is 1. The van der Waals surface area contributed by atoms with Gasteiger partial charge in [0.1, 0.15) is 12.6 Å². The quantitative estimate of drug-likeness (QED) is 0.620. The van der Waals surface area contributed by atoms with Crippen LogP contribution in [-0.2, 0) is 14.3 Å². The van der Waals surface area contributed by atoms with Gasteiger partial charge < -0.3 is 4.74 Å². The maximum absolute atomic E-state index is 12.5. The summed E-state index contributed by atoms with van der Waals surface area (Å²) in [6.45, 7) is 5.47. The van der Waals surface area contributed by atoms with Crippen LogP contribution in [0.1, 0.15) is 24.3 Å². The lowest BCUT2D eigenvalue weighted by Gasteiger charge is -2.38. The number of carbonyl (C=O) groups excluding carboxylic acids is 2. The zero-order valence-electron chi connectivity index (χ0n) is 12.7. The van der Waals surface area contributed by atoms with E-state index < -0.39 is 12.0 Å². The third kappa shape index (κ3) is 2.98. The van der Waals surface area contributed by atoms with Crippen molar-refractivity contribution in [2.75, 3.05) is 12.4 Å². The molecule has 1 aromatic heterocycles. The molecule has 7 heteroatoms. The predicted octanol–water partition coefficient (Wildman–Crippen LogP) is 3.13. The number of carbonyl (C=O) groups is 2. The zero-order valence-corrected chi connectivity index (χ0v) is 14.3. The van der Waals surface area contributed by atoms with Crippen LogP contribution in [0.5, 0.6) is 0 Å². The molecule has 5 nitrogen and oxygen atoms in total. The first-order valence-corrected chi connectivity index (χ1v) is 9.05. The monoisotopic (exact) mass is 348 g/mol. The number of amidine groups is 1. The second kappa shape index (κ2) is 6.72. The van der Waals surface area contributed by atoms with Crippen molar-refractivity contribution in [3.8, 4) is 0 Å². The highest BCUT2D eigenvalue weighted by Crippen LogP contribution is 2.41. The van der Waals surface area contributed by atoms with Gasteiger partial charge >= 0.3 is 5.97 Å². The summed E-state index contributed by atoms with van der Waals surface area (Å²) in [7, 11) is 0. The van der Waals surface area contributed by atoms with Crippen LogP contribution >= 0.6 is 23.1 Å². The predicted molar refractivity (Wildman–Crippen MR) is 92.3 cm³/mol. The summed E-state index contributed by atoms with van der Waals surface area (Å²) in [6, 6.07) is 3.38. The molecule has 0 bridgehead atoms. The van der Waals surface area contributed by atoms with Crippen LogP contribution in [0, 0.1) is 0 Å². The van der Waals surface area contributed by atoms with E-state index in [1.807, 2.05) is 17.5 Å². The molecule has 1 fully saturated rings. The van der Waals surface area contributed by atoms with E-state index in [0.717, 1.165) is 10.6 Å². The van der Waals surface area contributed by atoms with Crippen LogP contribution in [0.4, 0.5) is 0 Å². The van der Waals surface area contributed by atoms with Crippen LogP contribution in [0.2, 0.25) is 0 Å². The van der Waals surface area contributed by atoms with Gasteiger partial charge in [-0.25, -0.2) is 9.79 Å². The highest BCUT2D eigenvalue weighted by molar-refractivity contribution is 8.14. The molecular weight excluding hydrogens is 332 g/mol. The van der Waals surface area contributed by atoms with Gasteiger partial charge in [-0.2, -0.15) is 0 Å². The van der Waals surface area contributed by atoms with E-state index in [4.69, 9.17) is 4.74 Å². The molecule has 1 amide bonds. The van der Waals surface area contributed by atoms with Gasteiger partial charge in [0.25, 0.3) is 0 Å². The van der Waals surface area contributed by atoms with Gasteiger partial charge in [-0.05, 0) is 18.4 Å². The Morgan fingerprint density at radius 1 is 1.61 bits per heavy atom. The van der Waals surface area contributed by atoms with E-state index in [2.05, 4.69) is 11.6 Å². The van der Waals surface area contributed by atoms with Gasteiger partial charge in [0.15, 0.2) is 5.17 Å². The van der Waals surface area contributed by atoms with E-state index in [1.54, 1.807) is 23.6 Å². The van der Waals surface area contributed by atoms with E-state index in [0.29, 0.717) is 22.9 Å². The number of nitrogens with zero attached hydrogens (tertiary/aromatic N) is 2. The molecule has 1 saturated heterocycles. The lowest BCUT2D eigenvalue weighted by molar-refractivity contribution is -0.139. The molecule has 0 aliphatic carbocycles. The number of rotatable bonds is 4. The van der Waals surface area contributed by atoms with E-state index >= 15 is 0 Å². The van der Waals surface area contributed by atoms with Crippen molar-refractivity contribution >= 4 is 40.1 Å². The number of aliphatic imine (C=N–C) groups is 1. The highest BCUT2D eigenvalue weighted by atomic mass is 32.2. The summed E-state index contributed by atoms with van der Waals surface area (Å²) in [5.41, 5.74) is 1.03. The van der Waals surface area contributed by atoms with E-state index in [-0.39, 0.29) is 12.5 Å². The van der Waals surface area contributed by atoms with Crippen molar-refractivity contribution in [2.24, 2.45) is 4.99 Å². The average molecular weight is 348 g/mol. The maximum Gasteiger partial charge on any atom is 0.338 e. The Morgan fingerprint density at radius 2 is 2.43 bits per heavy atom. The largest absolute Gasteiger partial charge is 0.458 e. The van der Waals surface area contributed by atoms with Crippen molar-refractivity contribution in [1.82, 2.24) is 4.90 Å². The number of thiophene rings is 1. The van der Waals surface area contributed by atoms with E-state index in [1.165, 1.54) is 17.4 Å². The fourth-order valence-corrected chi connectivity index (χ4v) is 4.42. The van der Waals surface area contributed by atoms with E-state index in [9.17, 15) is 9.59 Å². The Labute approximate surface area is 142 Å². The number of ether oxygens (including phenoxy) is 1. The fraction of sp³-hybridized carbons (Fsp3) is 0.312. The number of thioether (sulfide) groups is 1. The Bertz CT molecular complexity index is 707. The van der Waals surface area contributed by atoms with Crippen LogP contribution in [0.3, 0.4) is 0 Å². The molecule has 1 aromatic rings.